The molecule has 2 saturated heterocycles. The van der Waals surface area contributed by atoms with Gasteiger partial charge in [-0.3, -0.25) is 0 Å². The second kappa shape index (κ2) is 6.66. The Morgan fingerprint density at radius 1 is 1.08 bits per heavy atom. The van der Waals surface area contributed by atoms with Gasteiger partial charge in [-0.25, -0.2) is 16.8 Å². The lowest BCUT2D eigenvalue weighted by Gasteiger charge is -2.34. The van der Waals surface area contributed by atoms with E-state index in [-0.39, 0.29) is 22.4 Å². The third kappa shape index (κ3) is 3.42. The lowest BCUT2D eigenvalue weighted by molar-refractivity contribution is -0.925. The second-order valence-corrected chi connectivity index (χ2v) is 11.1. The fourth-order valence-electron chi connectivity index (χ4n) is 3.87. The van der Waals surface area contributed by atoms with Crippen molar-refractivity contribution < 1.29 is 31.2 Å². The SMILES string of the molecule is O=S1(=O)CC[C@H]([NH+]2CCN(S(=O)(=O)c3ccc4c(c3)OCCO4)CC2)C1. The van der Waals surface area contributed by atoms with Crippen molar-refractivity contribution in [3.8, 4) is 11.5 Å². The van der Waals surface area contributed by atoms with E-state index in [1.807, 2.05) is 0 Å². The quantitative estimate of drug-likeness (QED) is 0.663. The van der Waals surface area contributed by atoms with Crippen LogP contribution in [0.2, 0.25) is 0 Å². The van der Waals surface area contributed by atoms with Crippen molar-refractivity contribution in [3.63, 3.8) is 0 Å². The number of rotatable bonds is 3. The summed E-state index contributed by atoms with van der Waals surface area (Å²) in [7, 11) is -6.52. The number of nitrogens with one attached hydrogen (secondary N) is 1. The number of sulfone groups is 1. The zero-order valence-electron chi connectivity index (χ0n) is 14.4. The standard InChI is InChI=1S/C16H22N2O6S2/c19-25(20)10-3-13(12-25)17-4-6-18(7-5-17)26(21,22)14-1-2-15-16(11-14)24-9-8-23-15/h1-2,11,13H,3-10,12H2/p+1/t13-/m0/s1. The van der Waals surface area contributed by atoms with Crippen molar-refractivity contribution in [2.45, 2.75) is 17.4 Å². The maximum Gasteiger partial charge on any atom is 0.243 e. The molecular formula is C16H23N2O6S2+. The Hall–Kier alpha value is -1.36. The largest absolute Gasteiger partial charge is 0.486 e. The van der Waals surface area contributed by atoms with Crippen molar-refractivity contribution in [1.82, 2.24) is 4.31 Å². The average Bonchev–Trinajstić information content (AvgIpc) is 3.01. The summed E-state index contributed by atoms with van der Waals surface area (Å²) in [5.74, 6) is 1.49. The van der Waals surface area contributed by atoms with Crippen LogP contribution in [0.1, 0.15) is 6.42 Å². The molecular weight excluding hydrogens is 380 g/mol. The Balaban J connectivity index is 1.45. The molecule has 3 aliphatic heterocycles. The zero-order chi connectivity index (χ0) is 18.4. The normalized spacial score (nSPS) is 26.7. The van der Waals surface area contributed by atoms with Gasteiger partial charge in [0.15, 0.2) is 21.3 Å². The minimum Gasteiger partial charge on any atom is -0.486 e. The van der Waals surface area contributed by atoms with Crippen LogP contribution in [0.5, 0.6) is 11.5 Å². The minimum atomic E-state index is -3.60. The number of hydrogen-bond acceptors (Lipinski definition) is 6. The van der Waals surface area contributed by atoms with Crippen LogP contribution in [0, 0.1) is 0 Å². The molecule has 8 nitrogen and oxygen atoms in total. The Kier molecular flexibility index (Phi) is 4.62. The molecule has 0 saturated carbocycles. The van der Waals surface area contributed by atoms with E-state index in [1.54, 1.807) is 12.1 Å². The Labute approximate surface area is 153 Å². The predicted octanol–water partition coefficient (Wildman–Crippen LogP) is -1.47. The summed E-state index contributed by atoms with van der Waals surface area (Å²) in [5.41, 5.74) is 0. The first-order valence-corrected chi connectivity index (χ1v) is 12.1. The van der Waals surface area contributed by atoms with Crippen LogP contribution < -0.4 is 14.4 Å². The molecule has 0 radical (unpaired) electrons. The first kappa shape index (κ1) is 18.0. The van der Waals surface area contributed by atoms with E-state index in [2.05, 4.69) is 0 Å². The lowest BCUT2D eigenvalue weighted by Crippen LogP contribution is -3.18. The molecule has 3 heterocycles. The number of sulfonamides is 1. The van der Waals surface area contributed by atoms with Crippen LogP contribution >= 0.6 is 0 Å². The molecule has 3 aliphatic rings. The minimum absolute atomic E-state index is 0.0964. The van der Waals surface area contributed by atoms with Gasteiger partial charge in [0.2, 0.25) is 10.0 Å². The monoisotopic (exact) mass is 403 g/mol. The maximum absolute atomic E-state index is 12.9. The zero-order valence-corrected chi connectivity index (χ0v) is 16.0. The summed E-state index contributed by atoms with van der Waals surface area (Å²) >= 11 is 0. The maximum atomic E-state index is 12.9. The fraction of sp³-hybridized carbons (Fsp3) is 0.625. The smallest absolute Gasteiger partial charge is 0.243 e. The van der Waals surface area contributed by atoms with Crippen LogP contribution in [0.3, 0.4) is 0 Å². The summed E-state index contributed by atoms with van der Waals surface area (Å²) in [6.45, 7) is 2.91. The highest BCUT2D eigenvalue weighted by Gasteiger charge is 2.39. The number of quaternary nitrogens is 1. The van der Waals surface area contributed by atoms with Crippen LogP contribution in [0.4, 0.5) is 0 Å². The van der Waals surface area contributed by atoms with Gasteiger partial charge in [-0.05, 0) is 12.1 Å². The molecule has 2 fully saturated rings. The molecule has 4 rings (SSSR count). The van der Waals surface area contributed by atoms with Gasteiger partial charge in [-0.1, -0.05) is 0 Å². The van der Waals surface area contributed by atoms with Crippen molar-refractivity contribution >= 4 is 19.9 Å². The van der Waals surface area contributed by atoms with E-state index in [9.17, 15) is 16.8 Å². The number of hydrogen-bond donors (Lipinski definition) is 1. The van der Waals surface area contributed by atoms with E-state index in [0.29, 0.717) is 57.3 Å². The van der Waals surface area contributed by atoms with Gasteiger partial charge < -0.3 is 14.4 Å². The number of nitrogens with zero attached hydrogens (tertiary/aromatic N) is 1. The Morgan fingerprint density at radius 3 is 2.42 bits per heavy atom. The predicted molar refractivity (Wildman–Crippen MR) is 93.9 cm³/mol. The molecule has 10 heteroatoms. The first-order chi connectivity index (χ1) is 12.4. The summed E-state index contributed by atoms with van der Waals surface area (Å²) < 4.78 is 61.6. The van der Waals surface area contributed by atoms with E-state index in [1.165, 1.54) is 15.3 Å². The summed E-state index contributed by atoms with van der Waals surface area (Å²) in [5, 5.41) is 0. The second-order valence-electron chi connectivity index (χ2n) is 6.97. The molecule has 0 unspecified atom stereocenters. The molecule has 144 valence electrons. The van der Waals surface area contributed by atoms with Gasteiger partial charge in [-0.2, -0.15) is 4.31 Å². The molecule has 0 aromatic heterocycles. The number of benzene rings is 1. The summed E-state index contributed by atoms with van der Waals surface area (Å²) in [6, 6.07) is 4.80. The average molecular weight is 404 g/mol. The third-order valence-electron chi connectivity index (χ3n) is 5.33. The van der Waals surface area contributed by atoms with Gasteiger partial charge >= 0.3 is 0 Å². The van der Waals surface area contributed by atoms with Crippen LogP contribution in [0.15, 0.2) is 23.1 Å². The first-order valence-electron chi connectivity index (χ1n) is 8.80. The van der Waals surface area contributed by atoms with Crippen LogP contribution in [0.25, 0.3) is 0 Å². The molecule has 0 amide bonds. The van der Waals surface area contributed by atoms with Crippen molar-refractivity contribution in [3.05, 3.63) is 18.2 Å². The van der Waals surface area contributed by atoms with E-state index >= 15 is 0 Å². The van der Waals surface area contributed by atoms with Gasteiger partial charge in [0.05, 0.1) is 36.8 Å². The van der Waals surface area contributed by atoms with Crippen molar-refractivity contribution in [2.24, 2.45) is 0 Å². The van der Waals surface area contributed by atoms with Gasteiger partial charge in [0, 0.05) is 12.5 Å². The van der Waals surface area contributed by atoms with Gasteiger partial charge in [0.25, 0.3) is 0 Å². The summed E-state index contributed by atoms with van der Waals surface area (Å²) in [6.07, 6.45) is 0.673. The topological polar surface area (TPSA) is 94.4 Å². The van der Waals surface area contributed by atoms with E-state index < -0.39 is 19.9 Å². The molecule has 0 bridgehead atoms. The van der Waals surface area contributed by atoms with Crippen LogP contribution in [-0.2, 0) is 19.9 Å². The number of ether oxygens (including phenoxy) is 2. The van der Waals surface area contributed by atoms with Gasteiger partial charge in [0.1, 0.15) is 25.0 Å². The van der Waals surface area contributed by atoms with Crippen molar-refractivity contribution in [1.29, 1.82) is 0 Å². The molecule has 26 heavy (non-hydrogen) atoms. The number of piperazine rings is 1. The molecule has 0 spiro atoms. The van der Waals surface area contributed by atoms with Crippen molar-refractivity contribution in [2.75, 3.05) is 50.9 Å². The number of fused-ring (bicyclic) bond motifs is 1. The highest BCUT2D eigenvalue weighted by atomic mass is 32.2. The molecule has 1 N–H and O–H groups in total. The van der Waals surface area contributed by atoms with E-state index in [4.69, 9.17) is 9.47 Å². The Bertz CT molecular complexity index is 891. The van der Waals surface area contributed by atoms with Crippen LogP contribution in [-0.4, -0.2) is 78.1 Å². The molecule has 1 aromatic rings. The highest BCUT2D eigenvalue weighted by molar-refractivity contribution is 7.91. The fourth-order valence-corrected chi connectivity index (χ4v) is 7.16. The summed E-state index contributed by atoms with van der Waals surface area (Å²) in [4.78, 5) is 1.40. The van der Waals surface area contributed by atoms with Gasteiger partial charge in [-0.15, -0.1) is 0 Å². The molecule has 1 aromatic carbocycles. The third-order valence-corrected chi connectivity index (χ3v) is 8.99. The Morgan fingerprint density at radius 2 is 1.77 bits per heavy atom. The van der Waals surface area contributed by atoms with E-state index in [0.717, 1.165) is 0 Å². The highest BCUT2D eigenvalue weighted by Crippen LogP contribution is 2.33. The molecule has 0 aliphatic carbocycles. The lowest BCUT2D eigenvalue weighted by atomic mass is 10.2. The molecule has 1 atom stereocenters.